The van der Waals surface area contributed by atoms with Gasteiger partial charge in [-0.05, 0) is 33.1 Å². The number of likely N-dealkylation sites (tertiary alicyclic amines) is 1. The van der Waals surface area contributed by atoms with Crippen LogP contribution in [0.4, 0.5) is 0 Å². The highest BCUT2D eigenvalue weighted by atomic mass is 16.3. The van der Waals surface area contributed by atoms with Gasteiger partial charge in [0.2, 0.25) is 5.91 Å². The topological polar surface area (TPSA) is 52.6 Å². The third-order valence-corrected chi connectivity index (χ3v) is 3.27. The molecule has 2 unspecified atom stereocenters. The smallest absolute Gasteiger partial charge is 0.223 e. The number of aliphatic hydroxyl groups is 1. The van der Waals surface area contributed by atoms with Crippen LogP contribution in [-0.4, -0.2) is 47.2 Å². The van der Waals surface area contributed by atoms with Gasteiger partial charge in [-0.3, -0.25) is 4.79 Å². The van der Waals surface area contributed by atoms with Gasteiger partial charge >= 0.3 is 0 Å². The molecule has 1 rings (SSSR count). The van der Waals surface area contributed by atoms with Gasteiger partial charge in [-0.15, -0.1) is 0 Å². The van der Waals surface area contributed by atoms with Crippen molar-refractivity contribution in [2.75, 3.05) is 19.6 Å². The molecule has 100 valence electrons. The molecule has 1 aliphatic rings. The van der Waals surface area contributed by atoms with E-state index in [1.807, 2.05) is 6.92 Å². The molecule has 4 nitrogen and oxygen atoms in total. The van der Waals surface area contributed by atoms with E-state index in [9.17, 15) is 9.90 Å². The molecule has 17 heavy (non-hydrogen) atoms. The molecule has 0 aromatic heterocycles. The van der Waals surface area contributed by atoms with Gasteiger partial charge in [-0.2, -0.15) is 0 Å². The van der Waals surface area contributed by atoms with Gasteiger partial charge in [-0.25, -0.2) is 0 Å². The number of amides is 1. The van der Waals surface area contributed by atoms with Gasteiger partial charge in [0.1, 0.15) is 0 Å². The number of rotatable bonds is 3. The number of nitrogens with zero attached hydrogens (tertiary/aromatic N) is 1. The van der Waals surface area contributed by atoms with Crippen molar-refractivity contribution in [2.24, 2.45) is 5.92 Å². The Hall–Kier alpha value is -0.610. The lowest BCUT2D eigenvalue weighted by molar-refractivity contribution is -0.135. The van der Waals surface area contributed by atoms with Gasteiger partial charge in [-0.1, -0.05) is 6.92 Å². The number of piperidine rings is 1. The minimum absolute atomic E-state index is 0.0518. The summed E-state index contributed by atoms with van der Waals surface area (Å²) in [6, 6.07) is 0. The number of carbonyl (C=O) groups is 1. The van der Waals surface area contributed by atoms with Crippen molar-refractivity contribution in [1.82, 2.24) is 10.2 Å². The summed E-state index contributed by atoms with van der Waals surface area (Å²) in [4.78, 5) is 13.7. The summed E-state index contributed by atoms with van der Waals surface area (Å²) < 4.78 is 0. The predicted octanol–water partition coefficient (Wildman–Crippen LogP) is 0.994. The molecule has 0 aromatic carbocycles. The van der Waals surface area contributed by atoms with Crippen molar-refractivity contribution in [3.05, 3.63) is 0 Å². The molecule has 1 fully saturated rings. The summed E-state index contributed by atoms with van der Waals surface area (Å²) in [6.07, 6.45) is 1.06. The second kappa shape index (κ2) is 5.83. The third-order valence-electron chi connectivity index (χ3n) is 3.27. The molecule has 1 amide bonds. The minimum Gasteiger partial charge on any atom is -0.391 e. The van der Waals surface area contributed by atoms with Crippen molar-refractivity contribution >= 4 is 5.91 Å². The summed E-state index contributed by atoms with van der Waals surface area (Å²) >= 11 is 0. The standard InChI is InChI=1S/C13H26N2O2/c1-10-6-8-15(9-11(10)16)12(17)5-7-14-13(2,3)4/h10-11,14,16H,5-9H2,1-4H3. The van der Waals surface area contributed by atoms with Crippen LogP contribution in [0.5, 0.6) is 0 Å². The van der Waals surface area contributed by atoms with E-state index >= 15 is 0 Å². The van der Waals surface area contributed by atoms with Crippen LogP contribution >= 0.6 is 0 Å². The first kappa shape index (κ1) is 14.5. The number of carbonyl (C=O) groups excluding carboxylic acids is 1. The second-order valence-corrected chi connectivity index (χ2v) is 6.10. The van der Waals surface area contributed by atoms with Gasteiger partial charge in [0.05, 0.1) is 6.10 Å². The normalized spacial score (nSPS) is 26.1. The van der Waals surface area contributed by atoms with Crippen LogP contribution in [0.1, 0.15) is 40.5 Å². The first-order valence-electron chi connectivity index (χ1n) is 6.50. The monoisotopic (exact) mass is 242 g/mol. The SMILES string of the molecule is CC1CCN(C(=O)CCNC(C)(C)C)CC1O. The molecule has 1 heterocycles. The molecule has 4 heteroatoms. The van der Waals surface area contributed by atoms with E-state index in [0.29, 0.717) is 25.4 Å². The summed E-state index contributed by atoms with van der Waals surface area (Å²) in [5.41, 5.74) is 0.0518. The van der Waals surface area contributed by atoms with Crippen LogP contribution in [0.3, 0.4) is 0 Å². The predicted molar refractivity (Wildman–Crippen MR) is 68.7 cm³/mol. The zero-order valence-electron chi connectivity index (χ0n) is 11.5. The molecule has 0 spiro atoms. The third kappa shape index (κ3) is 5.04. The molecule has 0 radical (unpaired) electrons. The molecule has 1 saturated heterocycles. The fourth-order valence-electron chi connectivity index (χ4n) is 1.98. The van der Waals surface area contributed by atoms with Crippen molar-refractivity contribution < 1.29 is 9.90 Å². The molecule has 0 aliphatic carbocycles. The first-order chi connectivity index (χ1) is 7.79. The van der Waals surface area contributed by atoms with Crippen LogP contribution in [0.15, 0.2) is 0 Å². The Balaban J connectivity index is 2.29. The summed E-state index contributed by atoms with van der Waals surface area (Å²) in [5, 5.41) is 13.0. The van der Waals surface area contributed by atoms with E-state index in [1.54, 1.807) is 4.90 Å². The fourth-order valence-corrected chi connectivity index (χ4v) is 1.98. The highest BCUT2D eigenvalue weighted by molar-refractivity contribution is 5.76. The summed E-state index contributed by atoms with van der Waals surface area (Å²) in [5.74, 6) is 0.458. The Kier molecular flexibility index (Phi) is 4.95. The van der Waals surface area contributed by atoms with Gasteiger partial charge in [0.15, 0.2) is 0 Å². The molecular formula is C13H26N2O2. The summed E-state index contributed by atoms with van der Waals surface area (Å²) in [7, 11) is 0. The van der Waals surface area contributed by atoms with Crippen LogP contribution in [0.25, 0.3) is 0 Å². The van der Waals surface area contributed by atoms with Crippen molar-refractivity contribution in [3.8, 4) is 0 Å². The summed E-state index contributed by atoms with van der Waals surface area (Å²) in [6.45, 7) is 10.3. The Morgan fingerprint density at radius 2 is 2.12 bits per heavy atom. The van der Waals surface area contributed by atoms with E-state index in [0.717, 1.165) is 13.0 Å². The Labute approximate surface area is 104 Å². The van der Waals surface area contributed by atoms with Crippen LogP contribution in [0, 0.1) is 5.92 Å². The molecular weight excluding hydrogens is 216 g/mol. The largest absolute Gasteiger partial charge is 0.391 e. The van der Waals surface area contributed by atoms with E-state index in [2.05, 4.69) is 26.1 Å². The van der Waals surface area contributed by atoms with E-state index in [-0.39, 0.29) is 17.6 Å². The Morgan fingerprint density at radius 3 is 2.65 bits per heavy atom. The lowest BCUT2D eigenvalue weighted by atomic mass is 9.96. The minimum atomic E-state index is -0.358. The zero-order valence-corrected chi connectivity index (χ0v) is 11.5. The van der Waals surface area contributed by atoms with Crippen molar-refractivity contribution in [1.29, 1.82) is 0 Å². The van der Waals surface area contributed by atoms with E-state index in [4.69, 9.17) is 0 Å². The van der Waals surface area contributed by atoms with Gasteiger partial charge < -0.3 is 15.3 Å². The van der Waals surface area contributed by atoms with Crippen LogP contribution in [-0.2, 0) is 4.79 Å². The van der Waals surface area contributed by atoms with Gasteiger partial charge in [0, 0.05) is 31.6 Å². The molecule has 0 bridgehead atoms. The van der Waals surface area contributed by atoms with Crippen LogP contribution in [0.2, 0.25) is 0 Å². The Bertz CT molecular complexity index is 261. The van der Waals surface area contributed by atoms with Crippen molar-refractivity contribution in [2.45, 2.75) is 52.2 Å². The maximum atomic E-state index is 11.9. The first-order valence-corrected chi connectivity index (χ1v) is 6.50. The number of hydrogen-bond donors (Lipinski definition) is 2. The average molecular weight is 242 g/mol. The van der Waals surface area contributed by atoms with Crippen LogP contribution < -0.4 is 5.32 Å². The molecule has 1 aliphatic heterocycles. The average Bonchev–Trinajstić information content (AvgIpc) is 2.20. The Morgan fingerprint density at radius 1 is 1.47 bits per heavy atom. The van der Waals surface area contributed by atoms with E-state index in [1.165, 1.54) is 0 Å². The molecule has 2 N–H and O–H groups in total. The maximum Gasteiger partial charge on any atom is 0.223 e. The quantitative estimate of drug-likeness (QED) is 0.776. The molecule has 0 aromatic rings. The zero-order chi connectivity index (χ0) is 13.1. The number of aliphatic hydroxyl groups excluding tert-OH is 1. The second-order valence-electron chi connectivity index (χ2n) is 6.10. The number of nitrogens with one attached hydrogen (secondary N) is 1. The maximum absolute atomic E-state index is 11.9. The lowest BCUT2D eigenvalue weighted by Crippen LogP contribution is -2.47. The lowest BCUT2D eigenvalue weighted by Gasteiger charge is -2.34. The highest BCUT2D eigenvalue weighted by Crippen LogP contribution is 2.17. The number of β-amino-alcohol motifs (C(OH)–C–C–N with tert-alkyl or cyclic N) is 1. The van der Waals surface area contributed by atoms with Crippen molar-refractivity contribution in [3.63, 3.8) is 0 Å². The van der Waals surface area contributed by atoms with E-state index < -0.39 is 0 Å². The molecule has 0 saturated carbocycles. The van der Waals surface area contributed by atoms with Gasteiger partial charge in [0.25, 0.3) is 0 Å². The molecule has 2 atom stereocenters. The highest BCUT2D eigenvalue weighted by Gasteiger charge is 2.26. The number of hydrogen-bond acceptors (Lipinski definition) is 3. The fraction of sp³-hybridized carbons (Fsp3) is 0.923.